The molecule has 0 amide bonds. The summed E-state index contributed by atoms with van der Waals surface area (Å²) in [6, 6.07) is 0.933. The molecule has 0 aromatic carbocycles. The molecule has 21 heavy (non-hydrogen) atoms. The van der Waals surface area contributed by atoms with E-state index in [1.807, 2.05) is 14.0 Å². The molecule has 1 heterocycles. The highest BCUT2D eigenvalue weighted by atomic mass is 16.5. The quantitative estimate of drug-likeness (QED) is 0.781. The molecule has 0 bridgehead atoms. The largest absolute Gasteiger partial charge is 0.465 e. The molecule has 122 valence electrons. The van der Waals surface area contributed by atoms with E-state index >= 15 is 0 Å². The van der Waals surface area contributed by atoms with Gasteiger partial charge in [0.25, 0.3) is 0 Å². The average molecular weight is 298 g/mol. The molecule has 1 N–H and O–H groups in total. The van der Waals surface area contributed by atoms with E-state index in [-0.39, 0.29) is 5.97 Å². The van der Waals surface area contributed by atoms with Crippen molar-refractivity contribution in [1.29, 1.82) is 0 Å². The third kappa shape index (κ3) is 3.58. The summed E-state index contributed by atoms with van der Waals surface area (Å²) in [5.41, 5.74) is -0.504. The number of ether oxygens (including phenoxy) is 2. The minimum atomic E-state index is -0.504. The number of nitrogens with one attached hydrogen (secondary N) is 1. The number of hydrogen-bond donors (Lipinski definition) is 1. The van der Waals surface area contributed by atoms with Gasteiger partial charge in [-0.05, 0) is 46.1 Å². The summed E-state index contributed by atoms with van der Waals surface area (Å²) in [4.78, 5) is 15.0. The van der Waals surface area contributed by atoms with Crippen LogP contribution in [0.3, 0.4) is 0 Å². The maximum absolute atomic E-state index is 12.4. The first-order valence-corrected chi connectivity index (χ1v) is 8.36. The molecule has 0 radical (unpaired) electrons. The highest BCUT2D eigenvalue weighted by Gasteiger charge is 2.45. The smallest absolute Gasteiger partial charge is 0.326 e. The van der Waals surface area contributed by atoms with Crippen LogP contribution in [0.1, 0.15) is 46.0 Å². The number of nitrogens with zero attached hydrogens (tertiary/aromatic N) is 1. The van der Waals surface area contributed by atoms with Crippen LogP contribution in [0.15, 0.2) is 0 Å². The van der Waals surface area contributed by atoms with Crippen molar-refractivity contribution in [2.75, 3.05) is 33.4 Å². The van der Waals surface area contributed by atoms with E-state index in [0.29, 0.717) is 18.7 Å². The highest BCUT2D eigenvalue weighted by Crippen LogP contribution is 2.34. The number of hydrogen-bond acceptors (Lipinski definition) is 5. The van der Waals surface area contributed by atoms with Crippen molar-refractivity contribution < 1.29 is 14.3 Å². The molecule has 2 aliphatic rings. The SMILES string of the molecule is CCOC(=O)C1(NC)CCCC(N2CCOCC2CC)C1. The monoisotopic (exact) mass is 298 g/mol. The van der Waals surface area contributed by atoms with Gasteiger partial charge in [0.1, 0.15) is 5.54 Å². The molecule has 2 fully saturated rings. The molecule has 2 rings (SSSR count). The second-order valence-corrected chi connectivity index (χ2v) is 6.18. The van der Waals surface area contributed by atoms with Gasteiger partial charge >= 0.3 is 5.97 Å². The van der Waals surface area contributed by atoms with Gasteiger partial charge in [0.15, 0.2) is 0 Å². The predicted molar refractivity (Wildman–Crippen MR) is 82.3 cm³/mol. The van der Waals surface area contributed by atoms with Gasteiger partial charge in [-0.2, -0.15) is 0 Å². The van der Waals surface area contributed by atoms with E-state index in [1.165, 1.54) is 6.42 Å². The summed E-state index contributed by atoms with van der Waals surface area (Å²) in [6.07, 6.45) is 5.05. The zero-order valence-corrected chi connectivity index (χ0v) is 13.7. The summed E-state index contributed by atoms with van der Waals surface area (Å²) in [6.45, 7) is 7.13. The Morgan fingerprint density at radius 2 is 2.29 bits per heavy atom. The second kappa shape index (κ2) is 7.56. The molecule has 3 atom stereocenters. The topological polar surface area (TPSA) is 50.8 Å². The Balaban J connectivity index is 2.09. The molecular formula is C16H30N2O3. The first-order valence-electron chi connectivity index (χ1n) is 8.36. The van der Waals surface area contributed by atoms with Crippen LogP contribution < -0.4 is 5.32 Å². The van der Waals surface area contributed by atoms with Crippen molar-refractivity contribution in [3.8, 4) is 0 Å². The number of carbonyl (C=O) groups is 1. The van der Waals surface area contributed by atoms with Gasteiger partial charge in [-0.15, -0.1) is 0 Å². The molecule has 0 spiro atoms. The molecule has 1 saturated heterocycles. The van der Waals surface area contributed by atoms with Gasteiger partial charge < -0.3 is 14.8 Å². The molecule has 5 heteroatoms. The van der Waals surface area contributed by atoms with Crippen LogP contribution in [0.5, 0.6) is 0 Å². The number of likely N-dealkylation sites (N-methyl/N-ethyl adjacent to an activating group) is 1. The van der Waals surface area contributed by atoms with E-state index in [4.69, 9.17) is 9.47 Å². The van der Waals surface area contributed by atoms with Gasteiger partial charge in [0.2, 0.25) is 0 Å². The van der Waals surface area contributed by atoms with E-state index in [1.54, 1.807) is 0 Å². The number of morpholine rings is 1. The molecular weight excluding hydrogens is 268 g/mol. The lowest BCUT2D eigenvalue weighted by Crippen LogP contribution is -2.60. The fourth-order valence-corrected chi connectivity index (χ4v) is 3.81. The van der Waals surface area contributed by atoms with E-state index < -0.39 is 5.54 Å². The lowest BCUT2D eigenvalue weighted by atomic mass is 9.78. The van der Waals surface area contributed by atoms with Crippen LogP contribution >= 0.6 is 0 Å². The zero-order chi connectivity index (χ0) is 15.3. The lowest BCUT2D eigenvalue weighted by Gasteiger charge is -2.47. The molecule has 1 aliphatic carbocycles. The average Bonchev–Trinajstić information content (AvgIpc) is 2.55. The van der Waals surface area contributed by atoms with Crippen LogP contribution in [0, 0.1) is 0 Å². The molecule has 1 aliphatic heterocycles. The Hall–Kier alpha value is -0.650. The predicted octanol–water partition coefficient (Wildman–Crippen LogP) is 1.56. The summed E-state index contributed by atoms with van der Waals surface area (Å²) in [5, 5.41) is 3.27. The van der Waals surface area contributed by atoms with Crippen molar-refractivity contribution >= 4 is 5.97 Å². The minimum Gasteiger partial charge on any atom is -0.465 e. The fraction of sp³-hybridized carbons (Fsp3) is 0.938. The molecule has 3 unspecified atom stereocenters. The van der Waals surface area contributed by atoms with Gasteiger partial charge in [0.05, 0.1) is 19.8 Å². The number of esters is 1. The Morgan fingerprint density at radius 3 is 2.95 bits per heavy atom. The van der Waals surface area contributed by atoms with Crippen LogP contribution in [-0.4, -0.2) is 61.9 Å². The van der Waals surface area contributed by atoms with Crippen molar-refractivity contribution in [3.63, 3.8) is 0 Å². The standard InChI is InChI=1S/C16H30N2O3/c1-4-13-12-20-10-9-18(13)14-7-6-8-16(11-14,17-3)15(19)21-5-2/h13-14,17H,4-12H2,1-3H3. The van der Waals surface area contributed by atoms with Crippen LogP contribution in [0.25, 0.3) is 0 Å². The fourth-order valence-electron chi connectivity index (χ4n) is 3.81. The Kier molecular flexibility index (Phi) is 6.02. The normalized spacial score (nSPS) is 34.6. The summed E-state index contributed by atoms with van der Waals surface area (Å²) < 4.78 is 10.9. The van der Waals surface area contributed by atoms with E-state index in [0.717, 1.165) is 45.4 Å². The Bertz CT molecular complexity index is 350. The van der Waals surface area contributed by atoms with Crippen LogP contribution in [-0.2, 0) is 14.3 Å². The summed E-state index contributed by atoms with van der Waals surface area (Å²) >= 11 is 0. The van der Waals surface area contributed by atoms with Crippen molar-refractivity contribution in [1.82, 2.24) is 10.2 Å². The number of rotatable bonds is 5. The lowest BCUT2D eigenvalue weighted by molar-refractivity contribution is -0.154. The van der Waals surface area contributed by atoms with Crippen LogP contribution in [0.2, 0.25) is 0 Å². The minimum absolute atomic E-state index is 0.0847. The van der Waals surface area contributed by atoms with Crippen LogP contribution in [0.4, 0.5) is 0 Å². The molecule has 5 nitrogen and oxygen atoms in total. The van der Waals surface area contributed by atoms with E-state index in [9.17, 15) is 4.79 Å². The summed E-state index contributed by atoms with van der Waals surface area (Å²) in [7, 11) is 1.88. The first-order chi connectivity index (χ1) is 10.2. The zero-order valence-electron chi connectivity index (χ0n) is 13.7. The highest BCUT2D eigenvalue weighted by molar-refractivity contribution is 5.81. The maximum atomic E-state index is 12.4. The number of carbonyl (C=O) groups excluding carboxylic acids is 1. The molecule has 1 saturated carbocycles. The third-order valence-electron chi connectivity index (χ3n) is 5.08. The second-order valence-electron chi connectivity index (χ2n) is 6.18. The maximum Gasteiger partial charge on any atom is 0.326 e. The van der Waals surface area contributed by atoms with E-state index in [2.05, 4.69) is 17.1 Å². The van der Waals surface area contributed by atoms with Crippen molar-refractivity contribution in [2.45, 2.75) is 63.6 Å². The van der Waals surface area contributed by atoms with Gasteiger partial charge in [-0.3, -0.25) is 9.69 Å². The Morgan fingerprint density at radius 1 is 1.48 bits per heavy atom. The third-order valence-corrected chi connectivity index (χ3v) is 5.08. The molecule has 0 aromatic rings. The Labute approximate surface area is 128 Å². The van der Waals surface area contributed by atoms with Gasteiger partial charge in [-0.25, -0.2) is 0 Å². The van der Waals surface area contributed by atoms with Crippen molar-refractivity contribution in [2.24, 2.45) is 0 Å². The molecule has 0 aromatic heterocycles. The van der Waals surface area contributed by atoms with Gasteiger partial charge in [-0.1, -0.05) is 6.92 Å². The summed E-state index contributed by atoms with van der Waals surface area (Å²) in [5.74, 6) is -0.0847. The van der Waals surface area contributed by atoms with Gasteiger partial charge in [0, 0.05) is 18.6 Å². The van der Waals surface area contributed by atoms with Crippen molar-refractivity contribution in [3.05, 3.63) is 0 Å². The first kappa shape index (κ1) is 16.7.